The average Bonchev–Trinajstić information content (AvgIpc) is 2.35. The lowest BCUT2D eigenvalue weighted by atomic mass is 9.91. The highest BCUT2D eigenvalue weighted by atomic mass is 35.5. The molecule has 3 N–H and O–H groups in total. The number of carbonyl (C=O) groups is 1. The van der Waals surface area contributed by atoms with Gasteiger partial charge in [0.25, 0.3) is 5.91 Å². The predicted molar refractivity (Wildman–Crippen MR) is 81.1 cm³/mol. The lowest BCUT2D eigenvalue weighted by Crippen LogP contribution is -2.40. The van der Waals surface area contributed by atoms with E-state index >= 15 is 0 Å². The second-order valence-electron chi connectivity index (χ2n) is 5.02. The maximum Gasteiger partial charge on any atom is 0.253 e. The standard InChI is InChI=1S/C14H19ClN2O.ClH/c1-9-3-2-4-12(13(9)15)14(18)17-11-7-5-10(16)6-8-11;/h2-4,10-11H,5-8,16H2,1H3,(H,17,18);1H. The molecule has 0 aromatic heterocycles. The molecule has 1 aliphatic rings. The van der Waals surface area contributed by atoms with Gasteiger partial charge in [-0.3, -0.25) is 4.79 Å². The SMILES string of the molecule is Cc1cccc(C(=O)NC2CCC(N)CC2)c1Cl.Cl. The summed E-state index contributed by atoms with van der Waals surface area (Å²) in [6.07, 6.45) is 3.87. The summed E-state index contributed by atoms with van der Waals surface area (Å²) < 4.78 is 0. The number of carbonyl (C=O) groups excluding carboxylic acids is 1. The van der Waals surface area contributed by atoms with Crippen LogP contribution in [0.3, 0.4) is 0 Å². The van der Waals surface area contributed by atoms with Gasteiger partial charge in [0.1, 0.15) is 0 Å². The molecule has 0 aliphatic heterocycles. The Balaban J connectivity index is 0.00000180. The van der Waals surface area contributed by atoms with E-state index < -0.39 is 0 Å². The van der Waals surface area contributed by atoms with Crippen molar-refractivity contribution in [2.75, 3.05) is 0 Å². The fourth-order valence-electron chi connectivity index (χ4n) is 2.35. The largest absolute Gasteiger partial charge is 0.349 e. The van der Waals surface area contributed by atoms with Crippen molar-refractivity contribution in [3.8, 4) is 0 Å². The minimum Gasteiger partial charge on any atom is -0.349 e. The number of halogens is 2. The van der Waals surface area contributed by atoms with Gasteiger partial charge in [-0.2, -0.15) is 0 Å². The van der Waals surface area contributed by atoms with Crippen LogP contribution in [-0.2, 0) is 0 Å². The first-order valence-corrected chi connectivity index (χ1v) is 6.77. The van der Waals surface area contributed by atoms with E-state index in [1.807, 2.05) is 19.1 Å². The van der Waals surface area contributed by atoms with Crippen LogP contribution < -0.4 is 11.1 Å². The van der Waals surface area contributed by atoms with Gasteiger partial charge in [0.2, 0.25) is 0 Å². The van der Waals surface area contributed by atoms with Crippen LogP contribution in [0.25, 0.3) is 0 Å². The normalized spacial score (nSPS) is 22.5. The van der Waals surface area contributed by atoms with Crippen LogP contribution in [0.2, 0.25) is 5.02 Å². The van der Waals surface area contributed by atoms with Crippen molar-refractivity contribution in [3.05, 3.63) is 34.3 Å². The van der Waals surface area contributed by atoms with Gasteiger partial charge in [0, 0.05) is 12.1 Å². The number of nitrogens with two attached hydrogens (primary N) is 1. The third kappa shape index (κ3) is 4.10. The summed E-state index contributed by atoms with van der Waals surface area (Å²) in [5, 5.41) is 3.59. The summed E-state index contributed by atoms with van der Waals surface area (Å²) in [6, 6.07) is 6.04. The lowest BCUT2D eigenvalue weighted by Gasteiger charge is -2.27. The minimum absolute atomic E-state index is 0. The van der Waals surface area contributed by atoms with Crippen LogP contribution in [0.15, 0.2) is 18.2 Å². The minimum atomic E-state index is -0.0795. The number of rotatable bonds is 2. The van der Waals surface area contributed by atoms with Crippen LogP contribution in [-0.4, -0.2) is 18.0 Å². The number of amides is 1. The molecule has 0 atom stereocenters. The summed E-state index contributed by atoms with van der Waals surface area (Å²) in [5.41, 5.74) is 7.34. The topological polar surface area (TPSA) is 55.1 Å². The molecule has 19 heavy (non-hydrogen) atoms. The van der Waals surface area contributed by atoms with Crippen LogP contribution in [0.1, 0.15) is 41.6 Å². The van der Waals surface area contributed by atoms with Crippen molar-refractivity contribution in [2.45, 2.75) is 44.7 Å². The zero-order valence-electron chi connectivity index (χ0n) is 11.0. The number of hydrogen-bond acceptors (Lipinski definition) is 2. The van der Waals surface area contributed by atoms with E-state index in [0.29, 0.717) is 16.6 Å². The lowest BCUT2D eigenvalue weighted by molar-refractivity contribution is 0.0926. The number of nitrogens with one attached hydrogen (secondary N) is 1. The van der Waals surface area contributed by atoms with Crippen LogP contribution >= 0.6 is 24.0 Å². The van der Waals surface area contributed by atoms with Gasteiger partial charge in [-0.05, 0) is 44.2 Å². The van der Waals surface area contributed by atoms with E-state index in [0.717, 1.165) is 31.2 Å². The molecular formula is C14H20Cl2N2O. The fourth-order valence-corrected chi connectivity index (χ4v) is 2.56. The van der Waals surface area contributed by atoms with E-state index in [1.165, 1.54) is 0 Å². The molecule has 0 radical (unpaired) electrons. The van der Waals surface area contributed by atoms with E-state index in [1.54, 1.807) is 6.07 Å². The third-order valence-electron chi connectivity index (χ3n) is 3.54. The molecule has 106 valence electrons. The molecule has 3 nitrogen and oxygen atoms in total. The van der Waals surface area contributed by atoms with Gasteiger partial charge in [-0.25, -0.2) is 0 Å². The molecule has 1 aromatic carbocycles. The van der Waals surface area contributed by atoms with Gasteiger partial charge < -0.3 is 11.1 Å². The molecule has 0 bridgehead atoms. The van der Waals surface area contributed by atoms with Crippen LogP contribution in [0, 0.1) is 6.92 Å². The highest BCUT2D eigenvalue weighted by Gasteiger charge is 2.21. The Bertz CT molecular complexity index is 443. The quantitative estimate of drug-likeness (QED) is 0.882. The zero-order chi connectivity index (χ0) is 13.1. The van der Waals surface area contributed by atoms with Crippen molar-refractivity contribution in [3.63, 3.8) is 0 Å². The Hall–Kier alpha value is -0.770. The molecule has 1 fully saturated rings. The second-order valence-corrected chi connectivity index (χ2v) is 5.40. The fraction of sp³-hybridized carbons (Fsp3) is 0.500. The maximum atomic E-state index is 12.1. The average molecular weight is 303 g/mol. The smallest absolute Gasteiger partial charge is 0.253 e. The first-order chi connectivity index (χ1) is 8.58. The molecule has 1 aliphatic carbocycles. The van der Waals surface area contributed by atoms with Crippen LogP contribution in [0.5, 0.6) is 0 Å². The van der Waals surface area contributed by atoms with Crippen LogP contribution in [0.4, 0.5) is 0 Å². The predicted octanol–water partition coefficient (Wildman–Crippen LogP) is 3.07. The van der Waals surface area contributed by atoms with E-state index in [-0.39, 0.29) is 24.4 Å². The Morgan fingerprint density at radius 1 is 1.32 bits per heavy atom. The molecule has 0 saturated heterocycles. The Kier molecular flexibility index (Phi) is 6.11. The van der Waals surface area contributed by atoms with Gasteiger partial charge >= 0.3 is 0 Å². The van der Waals surface area contributed by atoms with Gasteiger partial charge in [-0.15, -0.1) is 12.4 Å². The number of benzene rings is 1. The summed E-state index contributed by atoms with van der Waals surface area (Å²) in [6.45, 7) is 1.90. The molecule has 1 amide bonds. The summed E-state index contributed by atoms with van der Waals surface area (Å²) in [5.74, 6) is -0.0795. The van der Waals surface area contributed by atoms with Gasteiger partial charge in [-0.1, -0.05) is 23.7 Å². The summed E-state index contributed by atoms with van der Waals surface area (Å²) >= 11 is 6.15. The second kappa shape index (κ2) is 7.13. The van der Waals surface area contributed by atoms with Gasteiger partial charge in [0.15, 0.2) is 0 Å². The van der Waals surface area contributed by atoms with Crippen molar-refractivity contribution < 1.29 is 4.79 Å². The zero-order valence-corrected chi connectivity index (χ0v) is 12.6. The first kappa shape index (κ1) is 16.3. The molecule has 0 unspecified atom stereocenters. The highest BCUT2D eigenvalue weighted by Crippen LogP contribution is 2.22. The summed E-state index contributed by atoms with van der Waals surface area (Å²) in [4.78, 5) is 12.1. The number of hydrogen-bond donors (Lipinski definition) is 2. The van der Waals surface area contributed by atoms with Crippen molar-refractivity contribution >= 4 is 29.9 Å². The summed E-state index contributed by atoms with van der Waals surface area (Å²) in [7, 11) is 0. The van der Waals surface area contributed by atoms with Gasteiger partial charge in [0.05, 0.1) is 10.6 Å². The molecule has 1 saturated carbocycles. The van der Waals surface area contributed by atoms with E-state index in [4.69, 9.17) is 17.3 Å². The first-order valence-electron chi connectivity index (χ1n) is 6.39. The van der Waals surface area contributed by atoms with Crippen molar-refractivity contribution in [2.24, 2.45) is 5.73 Å². The monoisotopic (exact) mass is 302 g/mol. The molecular weight excluding hydrogens is 283 g/mol. The molecule has 2 rings (SSSR count). The van der Waals surface area contributed by atoms with E-state index in [9.17, 15) is 4.79 Å². The Morgan fingerprint density at radius 3 is 2.58 bits per heavy atom. The van der Waals surface area contributed by atoms with Crippen molar-refractivity contribution in [1.29, 1.82) is 0 Å². The molecule has 5 heteroatoms. The molecule has 0 heterocycles. The van der Waals surface area contributed by atoms with E-state index in [2.05, 4.69) is 5.32 Å². The Labute approximate surface area is 125 Å². The Morgan fingerprint density at radius 2 is 1.95 bits per heavy atom. The maximum absolute atomic E-state index is 12.1. The molecule has 0 spiro atoms. The number of aryl methyl sites for hydroxylation is 1. The third-order valence-corrected chi connectivity index (χ3v) is 4.05. The highest BCUT2D eigenvalue weighted by molar-refractivity contribution is 6.34. The molecule has 1 aromatic rings. The van der Waals surface area contributed by atoms with Crippen molar-refractivity contribution in [1.82, 2.24) is 5.32 Å².